The number of nitrogens with zero attached hydrogens (tertiary/aromatic N) is 1. The van der Waals surface area contributed by atoms with Crippen LogP contribution in [0.3, 0.4) is 0 Å². The van der Waals surface area contributed by atoms with Gasteiger partial charge in [0.15, 0.2) is 0 Å². The smallest absolute Gasteiger partial charge is 0.335 e. The number of aromatic carboxylic acids is 1. The van der Waals surface area contributed by atoms with Crippen molar-refractivity contribution < 1.29 is 18.3 Å². The lowest BCUT2D eigenvalue weighted by molar-refractivity contribution is 0.0697. The summed E-state index contributed by atoms with van der Waals surface area (Å²) in [5.41, 5.74) is 0.628. The summed E-state index contributed by atoms with van der Waals surface area (Å²) >= 11 is 1.98. The SMILES string of the molecule is CS(=O)(=O)n1cc(I)c2cc(C(=O)O)ccc21. The van der Waals surface area contributed by atoms with E-state index in [0.717, 1.165) is 10.2 Å². The molecule has 0 amide bonds. The number of carbonyl (C=O) groups is 1. The van der Waals surface area contributed by atoms with Gasteiger partial charge in [-0.05, 0) is 40.8 Å². The second kappa shape index (κ2) is 3.98. The molecule has 0 aliphatic heterocycles. The van der Waals surface area contributed by atoms with Gasteiger partial charge >= 0.3 is 5.97 Å². The molecule has 0 radical (unpaired) electrons. The summed E-state index contributed by atoms with van der Waals surface area (Å²) in [7, 11) is -3.38. The van der Waals surface area contributed by atoms with Gasteiger partial charge in [0.25, 0.3) is 0 Å². The zero-order valence-corrected chi connectivity index (χ0v) is 11.7. The van der Waals surface area contributed by atoms with Crippen molar-refractivity contribution in [2.45, 2.75) is 0 Å². The van der Waals surface area contributed by atoms with Crippen LogP contribution < -0.4 is 0 Å². The molecule has 0 unspecified atom stereocenters. The van der Waals surface area contributed by atoms with E-state index >= 15 is 0 Å². The Hall–Kier alpha value is -1.09. The van der Waals surface area contributed by atoms with Crippen LogP contribution in [0, 0.1) is 3.57 Å². The molecule has 5 nitrogen and oxygen atoms in total. The fourth-order valence-electron chi connectivity index (χ4n) is 1.57. The molecular formula is C10H8INO4S. The number of halogens is 1. The molecule has 90 valence electrons. The average Bonchev–Trinajstić information content (AvgIpc) is 2.55. The molecule has 0 bridgehead atoms. The normalized spacial score (nSPS) is 11.9. The topological polar surface area (TPSA) is 76.4 Å². The van der Waals surface area contributed by atoms with Gasteiger partial charge in [0.1, 0.15) is 0 Å². The summed E-state index contributed by atoms with van der Waals surface area (Å²) in [6.07, 6.45) is 2.58. The Kier molecular flexibility index (Phi) is 2.90. The van der Waals surface area contributed by atoms with Gasteiger partial charge in [-0.3, -0.25) is 0 Å². The minimum absolute atomic E-state index is 0.140. The van der Waals surface area contributed by atoms with Gasteiger partial charge in [-0.15, -0.1) is 0 Å². The molecule has 1 aromatic carbocycles. The van der Waals surface area contributed by atoms with Crippen LogP contribution in [0.4, 0.5) is 0 Å². The minimum Gasteiger partial charge on any atom is -0.478 e. The second-order valence-corrected chi connectivity index (χ2v) is 6.59. The zero-order chi connectivity index (χ0) is 12.8. The van der Waals surface area contributed by atoms with Gasteiger partial charge in [-0.1, -0.05) is 0 Å². The van der Waals surface area contributed by atoms with E-state index in [0.29, 0.717) is 14.5 Å². The van der Waals surface area contributed by atoms with E-state index < -0.39 is 16.0 Å². The van der Waals surface area contributed by atoms with Crippen molar-refractivity contribution in [2.24, 2.45) is 0 Å². The van der Waals surface area contributed by atoms with E-state index in [-0.39, 0.29) is 5.56 Å². The first-order valence-electron chi connectivity index (χ1n) is 4.55. The Balaban J connectivity index is 2.83. The molecule has 0 aliphatic carbocycles. The van der Waals surface area contributed by atoms with Crippen molar-refractivity contribution in [1.82, 2.24) is 3.97 Å². The van der Waals surface area contributed by atoms with Gasteiger partial charge in [0.05, 0.1) is 17.3 Å². The molecule has 2 aromatic rings. The third kappa shape index (κ3) is 2.16. The Morgan fingerprint density at radius 3 is 2.59 bits per heavy atom. The Bertz CT molecular complexity index is 717. The summed E-state index contributed by atoms with van der Waals surface area (Å²) in [4.78, 5) is 10.8. The van der Waals surface area contributed by atoms with Gasteiger partial charge in [0, 0.05) is 15.2 Å². The summed E-state index contributed by atoms with van der Waals surface area (Å²) in [6, 6.07) is 4.37. The van der Waals surface area contributed by atoms with Gasteiger partial charge in [-0.2, -0.15) is 0 Å². The average molecular weight is 365 g/mol. The maximum atomic E-state index is 11.5. The molecule has 0 fully saturated rings. The van der Waals surface area contributed by atoms with E-state index in [4.69, 9.17) is 5.11 Å². The monoisotopic (exact) mass is 365 g/mol. The van der Waals surface area contributed by atoms with Gasteiger partial charge < -0.3 is 5.11 Å². The molecule has 0 saturated heterocycles. The number of benzene rings is 1. The Morgan fingerprint density at radius 1 is 1.41 bits per heavy atom. The highest BCUT2D eigenvalue weighted by molar-refractivity contribution is 14.1. The quantitative estimate of drug-likeness (QED) is 0.823. The largest absolute Gasteiger partial charge is 0.478 e. The molecule has 1 N–H and O–H groups in total. The van der Waals surface area contributed by atoms with E-state index in [2.05, 4.69) is 0 Å². The third-order valence-corrected chi connectivity index (χ3v) is 4.20. The van der Waals surface area contributed by atoms with Crippen LogP contribution in [-0.4, -0.2) is 29.7 Å². The molecule has 2 rings (SSSR count). The maximum Gasteiger partial charge on any atom is 0.335 e. The number of rotatable bonds is 2. The maximum absolute atomic E-state index is 11.5. The van der Waals surface area contributed by atoms with Crippen LogP contribution in [0.25, 0.3) is 10.9 Å². The highest BCUT2D eigenvalue weighted by Crippen LogP contribution is 2.25. The first-order valence-corrected chi connectivity index (χ1v) is 7.48. The van der Waals surface area contributed by atoms with Crippen molar-refractivity contribution in [1.29, 1.82) is 0 Å². The predicted molar refractivity (Wildman–Crippen MR) is 71.9 cm³/mol. The van der Waals surface area contributed by atoms with E-state index in [9.17, 15) is 13.2 Å². The fourth-order valence-corrected chi connectivity index (χ4v) is 3.28. The molecule has 7 heteroatoms. The lowest BCUT2D eigenvalue weighted by atomic mass is 10.1. The highest BCUT2D eigenvalue weighted by atomic mass is 127. The van der Waals surface area contributed by atoms with Crippen molar-refractivity contribution in [2.75, 3.05) is 6.26 Å². The summed E-state index contributed by atoms with van der Waals surface area (Å²) in [6.45, 7) is 0. The number of aromatic nitrogens is 1. The highest BCUT2D eigenvalue weighted by Gasteiger charge is 2.15. The standard InChI is InChI=1S/C10H8INO4S/c1-17(15,16)12-5-8(11)7-4-6(10(13)14)2-3-9(7)12/h2-5H,1H3,(H,13,14). The summed E-state index contributed by atoms with van der Waals surface area (Å²) in [5, 5.41) is 9.50. The molecule has 0 spiro atoms. The van der Waals surface area contributed by atoms with Crippen molar-refractivity contribution in [3.63, 3.8) is 0 Å². The van der Waals surface area contributed by atoms with Gasteiger partial charge in [-0.25, -0.2) is 17.2 Å². The molecular weight excluding hydrogens is 357 g/mol. The third-order valence-electron chi connectivity index (χ3n) is 2.33. The Morgan fingerprint density at radius 2 is 2.06 bits per heavy atom. The molecule has 0 saturated carbocycles. The minimum atomic E-state index is -3.38. The van der Waals surface area contributed by atoms with E-state index in [1.54, 1.807) is 0 Å². The zero-order valence-electron chi connectivity index (χ0n) is 8.71. The van der Waals surface area contributed by atoms with Crippen LogP contribution in [0.5, 0.6) is 0 Å². The number of carboxylic acids is 1. The number of hydrogen-bond acceptors (Lipinski definition) is 3. The second-order valence-electron chi connectivity index (χ2n) is 3.57. The lowest BCUT2D eigenvalue weighted by Crippen LogP contribution is -2.08. The van der Waals surface area contributed by atoms with Crippen molar-refractivity contribution in [3.8, 4) is 0 Å². The summed E-state index contributed by atoms with van der Waals surface area (Å²) < 4.78 is 24.9. The number of fused-ring (bicyclic) bond motifs is 1. The van der Waals surface area contributed by atoms with E-state index in [1.807, 2.05) is 22.6 Å². The first kappa shape index (κ1) is 12.4. The first-order chi connectivity index (χ1) is 7.80. The van der Waals surface area contributed by atoms with Crippen LogP contribution in [0.15, 0.2) is 24.4 Å². The van der Waals surface area contributed by atoms with Crippen LogP contribution in [-0.2, 0) is 10.0 Å². The lowest BCUT2D eigenvalue weighted by Gasteiger charge is -2.01. The molecule has 17 heavy (non-hydrogen) atoms. The number of hydrogen-bond donors (Lipinski definition) is 1. The van der Waals surface area contributed by atoms with Crippen molar-refractivity contribution >= 4 is 49.5 Å². The predicted octanol–water partition coefficient (Wildman–Crippen LogP) is 1.75. The molecule has 0 aliphatic rings. The Labute approximate surface area is 111 Å². The number of carboxylic acid groups (broad SMARTS) is 1. The van der Waals surface area contributed by atoms with E-state index in [1.165, 1.54) is 24.4 Å². The summed E-state index contributed by atoms with van der Waals surface area (Å²) in [5.74, 6) is -1.03. The van der Waals surface area contributed by atoms with Crippen LogP contribution in [0.2, 0.25) is 0 Å². The van der Waals surface area contributed by atoms with Gasteiger partial charge in [0.2, 0.25) is 10.0 Å². The fraction of sp³-hybridized carbons (Fsp3) is 0.100. The van der Waals surface area contributed by atoms with Crippen LogP contribution >= 0.6 is 22.6 Å². The molecule has 1 heterocycles. The van der Waals surface area contributed by atoms with Crippen LogP contribution in [0.1, 0.15) is 10.4 Å². The molecule has 1 aromatic heterocycles. The van der Waals surface area contributed by atoms with Crippen molar-refractivity contribution in [3.05, 3.63) is 33.5 Å². The molecule has 0 atom stereocenters.